The second-order valence-electron chi connectivity index (χ2n) is 5.89. The zero-order chi connectivity index (χ0) is 19.8. The molecule has 140 valence electrons. The Labute approximate surface area is 159 Å². The van der Waals surface area contributed by atoms with Gasteiger partial charge in [0.25, 0.3) is 0 Å². The summed E-state index contributed by atoms with van der Waals surface area (Å²) in [5.74, 6) is 3.17. The van der Waals surface area contributed by atoms with Gasteiger partial charge in [-0.2, -0.15) is 0 Å². The topological polar surface area (TPSA) is 67.9 Å². The number of nitrogens with zero attached hydrogens (tertiary/aromatic N) is 1. The number of hydrogen-bond acceptors (Lipinski definition) is 4. The van der Waals surface area contributed by atoms with Crippen LogP contribution in [0.2, 0.25) is 0 Å². The Morgan fingerprint density at radius 1 is 1.11 bits per heavy atom. The molecule has 0 aliphatic heterocycles. The predicted octanol–water partition coefficient (Wildman–Crippen LogP) is 2.32. The molecule has 27 heavy (non-hydrogen) atoms. The van der Waals surface area contributed by atoms with Crippen LogP contribution < -0.4 is 14.8 Å². The first-order valence-corrected chi connectivity index (χ1v) is 8.28. The molecule has 0 unspecified atom stereocenters. The lowest BCUT2D eigenvalue weighted by molar-refractivity contribution is -0.132. The van der Waals surface area contributed by atoms with Crippen molar-refractivity contribution < 1.29 is 19.1 Å². The summed E-state index contributed by atoms with van der Waals surface area (Å²) in [5, 5.41) is 2.73. The summed E-state index contributed by atoms with van der Waals surface area (Å²) in [7, 11) is 4.67. The standard InChI is InChI=1S/C21H22N2O4/c1-5-15-7-6-8-17(11-15)22-20(24)14-23(2)21(25)13-16-9-10-18(26-3)19(12-16)27-4/h1,6-12H,13-14H2,2-4H3,(H,22,24). The van der Waals surface area contributed by atoms with Crippen LogP contribution in [0.15, 0.2) is 42.5 Å². The fourth-order valence-corrected chi connectivity index (χ4v) is 2.49. The quantitative estimate of drug-likeness (QED) is 0.764. The van der Waals surface area contributed by atoms with Crippen LogP contribution >= 0.6 is 0 Å². The summed E-state index contributed by atoms with van der Waals surface area (Å²) in [4.78, 5) is 25.9. The monoisotopic (exact) mass is 366 g/mol. The van der Waals surface area contributed by atoms with E-state index in [1.54, 1.807) is 56.6 Å². The molecular formula is C21H22N2O4. The molecule has 0 aliphatic rings. The van der Waals surface area contributed by atoms with E-state index in [-0.39, 0.29) is 24.8 Å². The van der Waals surface area contributed by atoms with Crippen molar-refractivity contribution in [3.8, 4) is 23.8 Å². The number of carbonyl (C=O) groups is 2. The lowest BCUT2D eigenvalue weighted by Gasteiger charge is -2.17. The third kappa shape index (κ3) is 5.51. The first kappa shape index (κ1) is 19.9. The van der Waals surface area contributed by atoms with Crippen molar-refractivity contribution in [3.05, 3.63) is 53.6 Å². The second kappa shape index (κ2) is 9.30. The minimum Gasteiger partial charge on any atom is -0.493 e. The van der Waals surface area contributed by atoms with E-state index in [9.17, 15) is 9.59 Å². The fraction of sp³-hybridized carbons (Fsp3) is 0.238. The van der Waals surface area contributed by atoms with Crippen molar-refractivity contribution >= 4 is 17.5 Å². The van der Waals surface area contributed by atoms with Crippen molar-refractivity contribution in [2.75, 3.05) is 33.1 Å². The minimum absolute atomic E-state index is 0.0631. The number of hydrogen-bond donors (Lipinski definition) is 1. The van der Waals surface area contributed by atoms with Gasteiger partial charge in [-0.1, -0.05) is 18.1 Å². The third-order valence-corrected chi connectivity index (χ3v) is 3.92. The zero-order valence-corrected chi connectivity index (χ0v) is 15.6. The van der Waals surface area contributed by atoms with Gasteiger partial charge in [0.1, 0.15) is 0 Å². The number of ether oxygens (including phenoxy) is 2. The normalized spacial score (nSPS) is 9.85. The molecule has 0 saturated heterocycles. The number of benzene rings is 2. The first-order chi connectivity index (χ1) is 13.0. The molecule has 0 aliphatic carbocycles. The van der Waals surface area contributed by atoms with E-state index < -0.39 is 0 Å². The van der Waals surface area contributed by atoms with Crippen LogP contribution in [0.5, 0.6) is 11.5 Å². The molecule has 6 heteroatoms. The van der Waals surface area contributed by atoms with Crippen molar-refractivity contribution in [2.24, 2.45) is 0 Å². The Bertz CT molecular complexity index is 871. The Hall–Kier alpha value is -3.46. The summed E-state index contributed by atoms with van der Waals surface area (Å²) in [5.41, 5.74) is 2.04. The molecule has 2 rings (SSSR count). The number of anilines is 1. The molecule has 0 heterocycles. The zero-order valence-electron chi connectivity index (χ0n) is 15.6. The molecule has 0 spiro atoms. The molecule has 2 aromatic rings. The van der Waals surface area contributed by atoms with Crippen LogP contribution in [-0.4, -0.2) is 44.5 Å². The Balaban J connectivity index is 1.95. The van der Waals surface area contributed by atoms with Crippen LogP contribution in [0.25, 0.3) is 0 Å². The molecule has 0 aromatic heterocycles. The fourth-order valence-electron chi connectivity index (χ4n) is 2.49. The third-order valence-electron chi connectivity index (χ3n) is 3.92. The maximum atomic E-state index is 12.4. The van der Waals surface area contributed by atoms with Gasteiger partial charge in [-0.15, -0.1) is 6.42 Å². The number of likely N-dealkylation sites (N-methyl/N-ethyl adjacent to an activating group) is 1. The molecule has 0 bridgehead atoms. The maximum absolute atomic E-state index is 12.4. The Kier molecular flexibility index (Phi) is 6.84. The summed E-state index contributed by atoms with van der Waals surface area (Å²) in [6, 6.07) is 12.2. The minimum atomic E-state index is -0.299. The van der Waals surface area contributed by atoms with E-state index in [0.29, 0.717) is 22.7 Å². The summed E-state index contributed by atoms with van der Waals surface area (Å²) < 4.78 is 10.4. The Morgan fingerprint density at radius 2 is 1.85 bits per heavy atom. The molecule has 2 aromatic carbocycles. The number of carbonyl (C=O) groups excluding carboxylic acids is 2. The van der Waals surface area contributed by atoms with Gasteiger partial charge in [-0.05, 0) is 35.9 Å². The van der Waals surface area contributed by atoms with Crippen LogP contribution in [0.4, 0.5) is 5.69 Å². The van der Waals surface area contributed by atoms with Gasteiger partial charge in [-0.3, -0.25) is 9.59 Å². The molecular weight excluding hydrogens is 344 g/mol. The van der Waals surface area contributed by atoms with Gasteiger partial charge in [0.15, 0.2) is 11.5 Å². The number of nitrogens with one attached hydrogen (secondary N) is 1. The van der Waals surface area contributed by atoms with Gasteiger partial charge >= 0.3 is 0 Å². The smallest absolute Gasteiger partial charge is 0.243 e. The SMILES string of the molecule is C#Cc1cccc(NC(=O)CN(C)C(=O)Cc2ccc(OC)c(OC)c2)c1. The van der Waals surface area contributed by atoms with Gasteiger partial charge in [0, 0.05) is 18.3 Å². The number of rotatable bonds is 7. The lowest BCUT2D eigenvalue weighted by Crippen LogP contribution is -2.35. The summed E-state index contributed by atoms with van der Waals surface area (Å²) >= 11 is 0. The van der Waals surface area contributed by atoms with Crippen molar-refractivity contribution in [1.82, 2.24) is 4.90 Å². The molecule has 6 nitrogen and oxygen atoms in total. The highest BCUT2D eigenvalue weighted by Gasteiger charge is 2.15. The highest BCUT2D eigenvalue weighted by molar-refractivity contribution is 5.94. The number of methoxy groups -OCH3 is 2. The molecule has 1 N–H and O–H groups in total. The van der Waals surface area contributed by atoms with Crippen LogP contribution in [-0.2, 0) is 16.0 Å². The molecule has 0 fully saturated rings. The number of terminal acetylenes is 1. The Morgan fingerprint density at radius 3 is 2.52 bits per heavy atom. The van der Waals surface area contributed by atoms with Crippen LogP contribution in [0, 0.1) is 12.3 Å². The van der Waals surface area contributed by atoms with Gasteiger partial charge in [0.2, 0.25) is 11.8 Å². The molecule has 0 atom stereocenters. The van der Waals surface area contributed by atoms with E-state index >= 15 is 0 Å². The first-order valence-electron chi connectivity index (χ1n) is 8.28. The van der Waals surface area contributed by atoms with Gasteiger partial charge in [0.05, 0.1) is 27.2 Å². The average Bonchev–Trinajstić information content (AvgIpc) is 2.67. The van der Waals surface area contributed by atoms with Crippen LogP contribution in [0.3, 0.4) is 0 Å². The predicted molar refractivity (Wildman–Crippen MR) is 104 cm³/mol. The van der Waals surface area contributed by atoms with Crippen molar-refractivity contribution in [1.29, 1.82) is 0 Å². The van der Waals surface area contributed by atoms with Crippen molar-refractivity contribution in [3.63, 3.8) is 0 Å². The average molecular weight is 366 g/mol. The largest absolute Gasteiger partial charge is 0.493 e. The van der Waals surface area contributed by atoms with E-state index in [4.69, 9.17) is 15.9 Å². The lowest BCUT2D eigenvalue weighted by atomic mass is 10.1. The van der Waals surface area contributed by atoms with E-state index in [1.165, 1.54) is 12.0 Å². The van der Waals surface area contributed by atoms with E-state index in [1.807, 2.05) is 0 Å². The van der Waals surface area contributed by atoms with Gasteiger partial charge in [-0.25, -0.2) is 0 Å². The van der Waals surface area contributed by atoms with Gasteiger partial charge < -0.3 is 19.7 Å². The van der Waals surface area contributed by atoms with Crippen molar-refractivity contribution in [2.45, 2.75) is 6.42 Å². The highest BCUT2D eigenvalue weighted by atomic mass is 16.5. The highest BCUT2D eigenvalue weighted by Crippen LogP contribution is 2.27. The molecule has 2 amide bonds. The molecule has 0 saturated carbocycles. The summed E-state index contributed by atoms with van der Waals surface area (Å²) in [6.45, 7) is -0.0631. The second-order valence-corrected chi connectivity index (χ2v) is 5.89. The van der Waals surface area contributed by atoms with E-state index in [0.717, 1.165) is 5.56 Å². The maximum Gasteiger partial charge on any atom is 0.243 e. The summed E-state index contributed by atoms with van der Waals surface area (Å²) in [6.07, 6.45) is 5.50. The number of amides is 2. The van der Waals surface area contributed by atoms with Crippen LogP contribution in [0.1, 0.15) is 11.1 Å². The molecule has 0 radical (unpaired) electrons. The van der Waals surface area contributed by atoms with E-state index in [2.05, 4.69) is 11.2 Å².